The maximum absolute atomic E-state index is 12.0. The molecule has 3 aromatic rings. The van der Waals surface area contributed by atoms with Crippen LogP contribution in [0.3, 0.4) is 0 Å². The molecule has 5 heteroatoms. The van der Waals surface area contributed by atoms with E-state index in [1.54, 1.807) is 18.2 Å². The first-order chi connectivity index (χ1) is 11.7. The zero-order chi connectivity index (χ0) is 16.9. The number of fused-ring (bicyclic) bond motifs is 1. The molecular weight excluding hydrogens is 368 g/mol. The number of rotatable bonds is 5. The molecule has 0 fully saturated rings. The third-order valence-electron chi connectivity index (χ3n) is 3.38. The van der Waals surface area contributed by atoms with Gasteiger partial charge in [-0.3, -0.25) is 4.79 Å². The van der Waals surface area contributed by atoms with Gasteiger partial charge in [0.15, 0.2) is 0 Å². The van der Waals surface area contributed by atoms with Crippen LogP contribution >= 0.6 is 15.9 Å². The Hall–Kier alpha value is -2.66. The molecule has 0 saturated carbocycles. The van der Waals surface area contributed by atoms with Crippen molar-refractivity contribution in [2.75, 3.05) is 6.61 Å². The van der Waals surface area contributed by atoms with E-state index in [9.17, 15) is 4.79 Å². The van der Waals surface area contributed by atoms with Crippen molar-refractivity contribution >= 4 is 39.0 Å². The van der Waals surface area contributed by atoms with Gasteiger partial charge >= 0.3 is 0 Å². The second kappa shape index (κ2) is 7.27. The van der Waals surface area contributed by atoms with Crippen molar-refractivity contribution in [2.45, 2.75) is 0 Å². The summed E-state index contributed by atoms with van der Waals surface area (Å²) in [6.45, 7) is 4.08. The van der Waals surface area contributed by atoms with Gasteiger partial charge in [-0.1, -0.05) is 36.9 Å². The van der Waals surface area contributed by atoms with Crippen LogP contribution in [0.2, 0.25) is 0 Å². The lowest BCUT2D eigenvalue weighted by atomic mass is 10.2. The highest BCUT2D eigenvalue weighted by Crippen LogP contribution is 2.26. The first-order valence-corrected chi connectivity index (χ1v) is 8.17. The van der Waals surface area contributed by atoms with Crippen molar-refractivity contribution in [2.24, 2.45) is 0 Å². The van der Waals surface area contributed by atoms with Crippen LogP contribution in [0.15, 0.2) is 64.4 Å². The fraction of sp³-hybridized carbons (Fsp3) is 0.0526. The fourth-order valence-electron chi connectivity index (χ4n) is 2.25. The Morgan fingerprint density at radius 1 is 1.21 bits per heavy atom. The molecule has 0 aliphatic rings. The number of ether oxygens (including phenoxy) is 1. The molecule has 0 atom stereocenters. The SMILES string of the molecule is C=CCOc1ccc(C=Cc2nc3ccccc3c(=O)[nH]2)cc1Br. The Morgan fingerprint density at radius 2 is 2.04 bits per heavy atom. The van der Waals surface area contributed by atoms with Gasteiger partial charge in [-0.2, -0.15) is 0 Å². The van der Waals surface area contributed by atoms with Gasteiger partial charge < -0.3 is 9.72 Å². The average Bonchev–Trinajstić information content (AvgIpc) is 2.59. The molecular formula is C19H15BrN2O2. The normalized spacial score (nSPS) is 11.0. The second-order valence-electron chi connectivity index (χ2n) is 5.09. The van der Waals surface area contributed by atoms with Crippen molar-refractivity contribution in [1.29, 1.82) is 0 Å². The van der Waals surface area contributed by atoms with Gasteiger partial charge in [0, 0.05) is 0 Å². The molecule has 1 heterocycles. The van der Waals surface area contributed by atoms with Crippen LogP contribution in [0.25, 0.3) is 23.1 Å². The van der Waals surface area contributed by atoms with E-state index >= 15 is 0 Å². The number of hydrogen-bond donors (Lipinski definition) is 1. The smallest absolute Gasteiger partial charge is 0.259 e. The standard InChI is InChI=1S/C19H15BrN2O2/c1-2-11-24-17-9-7-13(12-15(17)20)8-10-18-21-16-6-4-3-5-14(16)19(23)22-18/h2-10,12H,1,11H2,(H,21,22,23). The summed E-state index contributed by atoms with van der Waals surface area (Å²) in [5, 5.41) is 0.584. The number of nitrogens with zero attached hydrogens (tertiary/aromatic N) is 1. The van der Waals surface area contributed by atoms with Gasteiger partial charge in [0.2, 0.25) is 0 Å². The van der Waals surface area contributed by atoms with Crippen LogP contribution in [-0.2, 0) is 0 Å². The minimum Gasteiger partial charge on any atom is -0.488 e. The van der Waals surface area contributed by atoms with Gasteiger partial charge in [-0.25, -0.2) is 4.98 Å². The van der Waals surface area contributed by atoms with Gasteiger partial charge in [0.25, 0.3) is 5.56 Å². The Kier molecular flexibility index (Phi) is 4.91. The van der Waals surface area contributed by atoms with E-state index in [2.05, 4.69) is 32.5 Å². The molecule has 1 N–H and O–H groups in total. The van der Waals surface area contributed by atoms with Crippen LogP contribution in [0.1, 0.15) is 11.4 Å². The Labute approximate surface area is 147 Å². The van der Waals surface area contributed by atoms with Gasteiger partial charge in [-0.05, 0) is 51.8 Å². The van der Waals surface area contributed by atoms with Crippen molar-refractivity contribution in [3.05, 3.63) is 81.3 Å². The van der Waals surface area contributed by atoms with Crippen LogP contribution < -0.4 is 10.3 Å². The van der Waals surface area contributed by atoms with E-state index < -0.39 is 0 Å². The lowest BCUT2D eigenvalue weighted by Crippen LogP contribution is -2.09. The number of benzene rings is 2. The predicted octanol–water partition coefficient (Wildman–Crippen LogP) is 4.42. The number of halogens is 1. The summed E-state index contributed by atoms with van der Waals surface area (Å²) in [4.78, 5) is 19.3. The zero-order valence-electron chi connectivity index (χ0n) is 12.8. The molecule has 0 unspecified atom stereocenters. The molecule has 120 valence electrons. The fourth-order valence-corrected chi connectivity index (χ4v) is 2.76. The monoisotopic (exact) mass is 382 g/mol. The lowest BCUT2D eigenvalue weighted by Gasteiger charge is -2.06. The van der Waals surface area contributed by atoms with Crippen molar-refractivity contribution in [1.82, 2.24) is 9.97 Å². The minimum absolute atomic E-state index is 0.144. The first kappa shape index (κ1) is 16.2. The van der Waals surface area contributed by atoms with Crippen LogP contribution in [0, 0.1) is 0 Å². The molecule has 0 aliphatic carbocycles. The highest BCUT2D eigenvalue weighted by atomic mass is 79.9. The number of H-pyrrole nitrogens is 1. The summed E-state index contributed by atoms with van der Waals surface area (Å²) in [7, 11) is 0. The van der Waals surface area contributed by atoms with Crippen molar-refractivity contribution in [3.8, 4) is 5.75 Å². The molecule has 0 radical (unpaired) electrons. The van der Waals surface area contributed by atoms with E-state index in [0.29, 0.717) is 23.3 Å². The number of nitrogens with one attached hydrogen (secondary N) is 1. The molecule has 24 heavy (non-hydrogen) atoms. The topological polar surface area (TPSA) is 55.0 Å². The van der Waals surface area contributed by atoms with Crippen molar-refractivity contribution in [3.63, 3.8) is 0 Å². The summed E-state index contributed by atoms with van der Waals surface area (Å²) in [5.41, 5.74) is 1.49. The number of aromatic amines is 1. The molecule has 0 saturated heterocycles. The van der Waals surface area contributed by atoms with Crippen LogP contribution in [0.4, 0.5) is 0 Å². The second-order valence-corrected chi connectivity index (χ2v) is 5.95. The highest BCUT2D eigenvalue weighted by molar-refractivity contribution is 9.10. The maximum atomic E-state index is 12.0. The predicted molar refractivity (Wildman–Crippen MR) is 101 cm³/mol. The third kappa shape index (κ3) is 3.63. The van der Waals surface area contributed by atoms with Gasteiger partial charge in [0.1, 0.15) is 18.2 Å². The van der Waals surface area contributed by atoms with Gasteiger partial charge in [0.05, 0.1) is 15.4 Å². The molecule has 0 aliphatic heterocycles. The minimum atomic E-state index is -0.144. The summed E-state index contributed by atoms with van der Waals surface area (Å²) < 4.78 is 6.37. The molecule has 2 aromatic carbocycles. The van der Waals surface area contributed by atoms with E-state index in [4.69, 9.17) is 4.74 Å². The number of aromatic nitrogens is 2. The zero-order valence-corrected chi connectivity index (χ0v) is 14.4. The van der Waals surface area contributed by atoms with E-state index in [1.165, 1.54) is 0 Å². The van der Waals surface area contributed by atoms with Gasteiger partial charge in [-0.15, -0.1) is 0 Å². The summed E-state index contributed by atoms with van der Waals surface area (Å²) in [6.07, 6.45) is 5.36. The molecule has 1 aromatic heterocycles. The molecule has 0 amide bonds. The Bertz CT molecular complexity index is 977. The number of para-hydroxylation sites is 1. The number of hydrogen-bond acceptors (Lipinski definition) is 3. The summed E-state index contributed by atoms with van der Waals surface area (Å²) in [6, 6.07) is 13.0. The van der Waals surface area contributed by atoms with E-state index in [-0.39, 0.29) is 5.56 Å². The highest BCUT2D eigenvalue weighted by Gasteiger charge is 2.02. The lowest BCUT2D eigenvalue weighted by molar-refractivity contribution is 0.361. The van der Waals surface area contributed by atoms with Crippen LogP contribution in [0.5, 0.6) is 5.75 Å². The van der Waals surface area contributed by atoms with Crippen LogP contribution in [-0.4, -0.2) is 16.6 Å². The largest absolute Gasteiger partial charge is 0.488 e. The molecule has 0 bridgehead atoms. The van der Waals surface area contributed by atoms with E-state index in [0.717, 1.165) is 15.8 Å². The molecule has 0 spiro atoms. The maximum Gasteiger partial charge on any atom is 0.259 e. The Morgan fingerprint density at radius 3 is 2.83 bits per heavy atom. The summed E-state index contributed by atoms with van der Waals surface area (Å²) in [5.74, 6) is 1.27. The quantitative estimate of drug-likeness (QED) is 0.664. The first-order valence-electron chi connectivity index (χ1n) is 7.38. The van der Waals surface area contributed by atoms with Crippen molar-refractivity contribution < 1.29 is 4.74 Å². The molecule has 3 rings (SSSR count). The average molecular weight is 383 g/mol. The summed E-state index contributed by atoms with van der Waals surface area (Å²) >= 11 is 3.48. The Balaban J connectivity index is 1.87. The molecule has 4 nitrogen and oxygen atoms in total. The van der Waals surface area contributed by atoms with E-state index in [1.807, 2.05) is 42.5 Å². The third-order valence-corrected chi connectivity index (χ3v) is 4.00.